The number of esters is 1. The Labute approximate surface area is 201 Å². The van der Waals surface area contributed by atoms with Gasteiger partial charge in [0.15, 0.2) is 5.76 Å². The second-order valence-corrected chi connectivity index (χ2v) is 9.61. The van der Waals surface area contributed by atoms with Crippen molar-refractivity contribution in [2.24, 2.45) is 4.99 Å². The highest BCUT2D eigenvalue weighted by Crippen LogP contribution is 2.41. The van der Waals surface area contributed by atoms with Crippen molar-refractivity contribution < 1.29 is 18.8 Å². The van der Waals surface area contributed by atoms with Crippen molar-refractivity contribution in [3.8, 4) is 11.1 Å². The number of Topliss-reactive ketones (excluding diaryl/α,β-unsaturated/α-hetero) is 1. The number of aliphatic imine (C=N–C) groups is 1. The summed E-state index contributed by atoms with van der Waals surface area (Å²) >= 11 is 0. The third kappa shape index (κ3) is 6.07. The Morgan fingerprint density at radius 1 is 1.00 bits per heavy atom. The molecule has 0 radical (unpaired) electrons. The van der Waals surface area contributed by atoms with Gasteiger partial charge in [-0.25, -0.2) is 0 Å². The third-order valence-electron chi connectivity index (χ3n) is 5.00. The molecule has 0 unspecified atom stereocenters. The normalized spacial score (nSPS) is 14.6. The van der Waals surface area contributed by atoms with Crippen LogP contribution in [0.2, 0.25) is 0 Å². The summed E-state index contributed by atoms with van der Waals surface area (Å²) in [5.41, 5.74) is 6.14. The van der Waals surface area contributed by atoms with Gasteiger partial charge in [0.2, 0.25) is 0 Å². The third-order valence-corrected chi connectivity index (χ3v) is 5.00. The summed E-state index contributed by atoms with van der Waals surface area (Å²) < 4.78 is 11.3. The molecule has 178 valence electrons. The molecule has 2 aromatic carbocycles. The summed E-state index contributed by atoms with van der Waals surface area (Å²) in [4.78, 5) is 27.2. The molecule has 34 heavy (non-hydrogen) atoms. The van der Waals surface area contributed by atoms with Crippen LogP contribution in [0, 0.1) is 13.8 Å². The second kappa shape index (κ2) is 10.2. The fraction of sp³-hybridized carbons (Fsp3) is 0.357. The van der Waals surface area contributed by atoms with Crippen LogP contribution >= 0.6 is 0 Å². The van der Waals surface area contributed by atoms with Crippen LogP contribution in [0.3, 0.4) is 0 Å². The molecule has 0 bridgehead atoms. The number of benzene rings is 2. The molecule has 2 heterocycles. The molecule has 4 rings (SSSR count). The maximum atomic E-state index is 12.7. The molecular formula is C28H32N2O4. The van der Waals surface area contributed by atoms with Gasteiger partial charge in [0, 0.05) is 11.1 Å². The van der Waals surface area contributed by atoms with Crippen LogP contribution < -0.4 is 0 Å². The van der Waals surface area contributed by atoms with Crippen LogP contribution in [0.1, 0.15) is 75.2 Å². The molecule has 6 heteroatoms. The highest BCUT2D eigenvalue weighted by Gasteiger charge is 2.32. The number of ether oxygens (including phenoxy) is 1. The summed E-state index contributed by atoms with van der Waals surface area (Å²) in [6.45, 7) is 12.6. The van der Waals surface area contributed by atoms with Crippen LogP contribution in [0.5, 0.6) is 0 Å². The van der Waals surface area contributed by atoms with Gasteiger partial charge >= 0.3 is 5.97 Å². The molecule has 1 aromatic heterocycles. The highest BCUT2D eigenvalue weighted by molar-refractivity contribution is 6.17. The molecule has 3 aromatic rings. The van der Waals surface area contributed by atoms with Gasteiger partial charge in [-0.3, -0.25) is 9.79 Å². The van der Waals surface area contributed by atoms with Crippen molar-refractivity contribution in [1.82, 2.24) is 5.16 Å². The molecule has 0 N–H and O–H groups in total. The summed E-state index contributed by atoms with van der Waals surface area (Å²) in [6.07, 6.45) is 0.0855. The van der Waals surface area contributed by atoms with Gasteiger partial charge < -0.3 is 14.1 Å². The Hall–Kier alpha value is -3.54. The molecule has 6 nitrogen and oxygen atoms in total. The lowest BCUT2D eigenvalue weighted by Gasteiger charge is -2.20. The molecule has 0 spiro atoms. The molecule has 0 saturated heterocycles. The van der Waals surface area contributed by atoms with Crippen LogP contribution in [0.15, 0.2) is 58.0 Å². The van der Waals surface area contributed by atoms with Gasteiger partial charge in [-0.15, -0.1) is 0 Å². The number of ketones is 1. The summed E-state index contributed by atoms with van der Waals surface area (Å²) in [6, 6.07) is 15.8. The highest BCUT2D eigenvalue weighted by atomic mass is 16.6. The SMILES string of the molecule is CC(C)=O.Cc1ccc2c(c1)C(c1ccccc1)=N[C@@H](CC(=O)OC(C)(C)C)c1onc(C)c1-2. The second-order valence-electron chi connectivity index (χ2n) is 9.61. The molecule has 1 aliphatic rings. The number of rotatable bonds is 3. The van der Waals surface area contributed by atoms with Crippen molar-refractivity contribution in [2.75, 3.05) is 0 Å². The number of fused-ring (bicyclic) bond motifs is 3. The minimum atomic E-state index is -0.561. The molecule has 0 amide bonds. The monoisotopic (exact) mass is 460 g/mol. The number of nitrogens with zero attached hydrogens (tertiary/aromatic N) is 2. The van der Waals surface area contributed by atoms with Gasteiger partial charge in [0.25, 0.3) is 0 Å². The van der Waals surface area contributed by atoms with E-state index in [4.69, 9.17) is 14.3 Å². The standard InChI is InChI=1S/C25H26N2O3.C3H6O/c1-15-11-12-18-19(13-15)23(17-9-7-6-8-10-17)26-20(14-21(28)29-25(3,4)5)24-22(18)16(2)27-30-24;1-3(2)4/h6-13,20H,14H2,1-5H3;1-2H3/t20-;/m0./s1. The van der Waals surface area contributed by atoms with Gasteiger partial charge in [-0.1, -0.05) is 53.2 Å². The number of hydrogen-bond donors (Lipinski definition) is 0. The molecule has 1 aliphatic heterocycles. The average molecular weight is 461 g/mol. The van der Waals surface area contributed by atoms with E-state index in [1.807, 2.05) is 58.0 Å². The van der Waals surface area contributed by atoms with Crippen molar-refractivity contribution in [3.05, 3.63) is 76.7 Å². The molecule has 0 aliphatic carbocycles. The topological polar surface area (TPSA) is 81.8 Å². The first-order chi connectivity index (χ1) is 16.0. The Morgan fingerprint density at radius 3 is 2.26 bits per heavy atom. The molecule has 1 atom stereocenters. The first kappa shape index (κ1) is 25.1. The van der Waals surface area contributed by atoms with E-state index in [9.17, 15) is 9.59 Å². The van der Waals surface area contributed by atoms with Gasteiger partial charge in [0.1, 0.15) is 17.4 Å². The van der Waals surface area contributed by atoms with Crippen LogP contribution in [0.25, 0.3) is 11.1 Å². The number of aryl methyl sites for hydroxylation is 2. The maximum absolute atomic E-state index is 12.7. The quantitative estimate of drug-likeness (QED) is 0.436. The summed E-state index contributed by atoms with van der Waals surface area (Å²) in [7, 11) is 0. The Morgan fingerprint density at radius 2 is 1.65 bits per heavy atom. The van der Waals surface area contributed by atoms with E-state index < -0.39 is 11.6 Å². The van der Waals surface area contributed by atoms with E-state index in [0.717, 1.165) is 39.2 Å². The van der Waals surface area contributed by atoms with Gasteiger partial charge in [0.05, 0.1) is 23.4 Å². The number of aromatic nitrogens is 1. The average Bonchev–Trinajstić information content (AvgIpc) is 3.05. The maximum Gasteiger partial charge on any atom is 0.308 e. The molecule has 0 saturated carbocycles. The Kier molecular flexibility index (Phi) is 7.50. The zero-order chi connectivity index (χ0) is 25.0. The predicted molar refractivity (Wildman–Crippen MR) is 133 cm³/mol. The van der Waals surface area contributed by atoms with E-state index in [-0.39, 0.29) is 18.2 Å². The zero-order valence-corrected chi connectivity index (χ0v) is 20.9. The van der Waals surface area contributed by atoms with Crippen LogP contribution in [-0.2, 0) is 14.3 Å². The fourth-order valence-corrected chi connectivity index (χ4v) is 3.80. The number of hydrogen-bond acceptors (Lipinski definition) is 6. The Bertz CT molecular complexity index is 1210. The first-order valence-electron chi connectivity index (χ1n) is 11.4. The lowest BCUT2D eigenvalue weighted by molar-refractivity contribution is -0.155. The van der Waals surface area contributed by atoms with Crippen molar-refractivity contribution in [2.45, 2.75) is 66.5 Å². The van der Waals surface area contributed by atoms with Crippen LogP contribution in [0.4, 0.5) is 0 Å². The van der Waals surface area contributed by atoms with Crippen molar-refractivity contribution in [3.63, 3.8) is 0 Å². The zero-order valence-electron chi connectivity index (χ0n) is 20.9. The minimum absolute atomic E-state index is 0.0855. The first-order valence-corrected chi connectivity index (χ1v) is 11.4. The smallest absolute Gasteiger partial charge is 0.308 e. The minimum Gasteiger partial charge on any atom is -0.460 e. The number of carbonyl (C=O) groups excluding carboxylic acids is 2. The predicted octanol–water partition coefficient (Wildman–Crippen LogP) is 6.18. The van der Waals surface area contributed by atoms with E-state index in [1.54, 1.807) is 0 Å². The lowest BCUT2D eigenvalue weighted by Crippen LogP contribution is -2.24. The number of carbonyl (C=O) groups is 2. The van der Waals surface area contributed by atoms with E-state index >= 15 is 0 Å². The summed E-state index contributed by atoms with van der Waals surface area (Å²) in [5.74, 6) is 0.459. The Balaban J connectivity index is 0.000000751. The largest absolute Gasteiger partial charge is 0.460 e. The van der Waals surface area contributed by atoms with E-state index in [2.05, 4.69) is 30.3 Å². The van der Waals surface area contributed by atoms with E-state index in [0.29, 0.717) is 5.76 Å². The van der Waals surface area contributed by atoms with Gasteiger partial charge in [-0.05, 0) is 60.1 Å². The van der Waals surface area contributed by atoms with Crippen molar-refractivity contribution >= 4 is 17.5 Å². The van der Waals surface area contributed by atoms with Gasteiger partial charge in [-0.2, -0.15) is 0 Å². The molecule has 0 fully saturated rings. The molecular weight excluding hydrogens is 428 g/mol. The lowest BCUT2D eigenvalue weighted by atomic mass is 9.91. The summed E-state index contributed by atoms with van der Waals surface area (Å²) in [5, 5.41) is 4.19. The van der Waals surface area contributed by atoms with E-state index in [1.165, 1.54) is 13.8 Å². The fourth-order valence-electron chi connectivity index (χ4n) is 3.80. The van der Waals surface area contributed by atoms with Crippen LogP contribution in [-0.4, -0.2) is 28.2 Å². The van der Waals surface area contributed by atoms with Crippen molar-refractivity contribution in [1.29, 1.82) is 0 Å².